The highest BCUT2D eigenvalue weighted by Crippen LogP contribution is 2.19. The van der Waals surface area contributed by atoms with Gasteiger partial charge in [0.1, 0.15) is 5.75 Å². The van der Waals surface area contributed by atoms with Crippen LogP contribution in [0.4, 0.5) is 0 Å². The Bertz CT molecular complexity index is 710. The average Bonchev–Trinajstić information content (AvgIpc) is 2.60. The van der Waals surface area contributed by atoms with Crippen LogP contribution in [0, 0.1) is 13.8 Å². The highest BCUT2D eigenvalue weighted by atomic mass is 32.2. The Kier molecular flexibility index (Phi) is 7.46. The second-order valence-corrected chi connectivity index (χ2v) is 9.06. The van der Waals surface area contributed by atoms with Gasteiger partial charge in [-0.25, -0.2) is 12.7 Å². The van der Waals surface area contributed by atoms with Gasteiger partial charge < -0.3 is 10.1 Å². The molecule has 1 amide bonds. The quantitative estimate of drug-likeness (QED) is 0.749. The van der Waals surface area contributed by atoms with Crippen molar-refractivity contribution in [3.63, 3.8) is 0 Å². The fourth-order valence-electron chi connectivity index (χ4n) is 3.11. The fourth-order valence-corrected chi connectivity index (χ4v) is 4.79. The Labute approximate surface area is 157 Å². The van der Waals surface area contributed by atoms with Crippen molar-refractivity contribution < 1.29 is 17.9 Å². The van der Waals surface area contributed by atoms with Crippen LogP contribution in [0.5, 0.6) is 5.75 Å². The first-order valence-electron chi connectivity index (χ1n) is 9.29. The van der Waals surface area contributed by atoms with Gasteiger partial charge in [-0.05, 0) is 44.7 Å². The summed E-state index contributed by atoms with van der Waals surface area (Å²) in [6.07, 6.45) is 2.84. The number of carbonyl (C=O) groups is 1. The maximum Gasteiger partial charge on any atom is 0.258 e. The lowest BCUT2D eigenvalue weighted by Gasteiger charge is -2.31. The number of nitrogens with zero attached hydrogens (tertiary/aromatic N) is 1. The van der Waals surface area contributed by atoms with Gasteiger partial charge in [-0.15, -0.1) is 0 Å². The maximum atomic E-state index is 12.2. The number of rotatable bonds is 8. The third kappa shape index (κ3) is 5.99. The van der Waals surface area contributed by atoms with Crippen molar-refractivity contribution in [2.24, 2.45) is 0 Å². The van der Waals surface area contributed by atoms with E-state index in [9.17, 15) is 13.2 Å². The number of hydrogen-bond acceptors (Lipinski definition) is 4. The lowest BCUT2D eigenvalue weighted by atomic mass is 10.1. The zero-order valence-electron chi connectivity index (χ0n) is 16.0. The first-order valence-corrected chi connectivity index (χ1v) is 10.9. The van der Waals surface area contributed by atoms with E-state index >= 15 is 0 Å². The molecular weight excluding hydrogens is 352 g/mol. The summed E-state index contributed by atoms with van der Waals surface area (Å²) < 4.78 is 31.6. The van der Waals surface area contributed by atoms with Crippen LogP contribution in [0.25, 0.3) is 0 Å². The van der Waals surface area contributed by atoms with Gasteiger partial charge in [0.25, 0.3) is 5.91 Å². The number of aryl methyl sites for hydroxylation is 2. The Morgan fingerprint density at radius 1 is 1.27 bits per heavy atom. The van der Waals surface area contributed by atoms with Gasteiger partial charge in [-0.2, -0.15) is 0 Å². The predicted octanol–water partition coefficient (Wildman–Crippen LogP) is 2.39. The van der Waals surface area contributed by atoms with E-state index in [1.807, 2.05) is 39.0 Å². The van der Waals surface area contributed by atoms with Crippen molar-refractivity contribution in [1.82, 2.24) is 9.62 Å². The summed E-state index contributed by atoms with van der Waals surface area (Å²) >= 11 is 0. The minimum atomic E-state index is -3.16. The van der Waals surface area contributed by atoms with E-state index in [2.05, 4.69) is 5.32 Å². The van der Waals surface area contributed by atoms with Gasteiger partial charge in [-0.1, -0.05) is 31.0 Å². The normalized spacial score (nSPS) is 16.4. The van der Waals surface area contributed by atoms with E-state index in [-0.39, 0.29) is 24.3 Å². The molecule has 6 nitrogen and oxygen atoms in total. The Balaban J connectivity index is 1.75. The summed E-state index contributed by atoms with van der Waals surface area (Å²) in [6.45, 7) is 6.85. The van der Waals surface area contributed by atoms with Crippen LogP contribution in [0.15, 0.2) is 18.2 Å². The molecule has 1 aromatic carbocycles. The van der Waals surface area contributed by atoms with Crippen molar-refractivity contribution in [2.45, 2.75) is 52.5 Å². The maximum absolute atomic E-state index is 12.2. The number of nitrogens with one attached hydrogen (secondary N) is 1. The second kappa shape index (κ2) is 9.37. The molecular formula is C19H30N2O4S. The number of hydrogen-bond donors (Lipinski definition) is 1. The number of sulfonamides is 1. The Hall–Kier alpha value is -1.60. The molecule has 26 heavy (non-hydrogen) atoms. The number of piperidine rings is 1. The van der Waals surface area contributed by atoms with Crippen molar-refractivity contribution in [2.75, 3.05) is 25.4 Å². The number of carbonyl (C=O) groups excluding carboxylic acids is 1. The van der Waals surface area contributed by atoms with Gasteiger partial charge in [0.05, 0.1) is 5.75 Å². The second-order valence-electron chi connectivity index (χ2n) is 6.97. The van der Waals surface area contributed by atoms with E-state index in [1.54, 1.807) is 4.31 Å². The average molecular weight is 383 g/mol. The third-order valence-electron chi connectivity index (χ3n) is 4.66. The molecule has 0 spiro atoms. The molecule has 1 aliphatic rings. The van der Waals surface area contributed by atoms with E-state index < -0.39 is 10.0 Å². The van der Waals surface area contributed by atoms with E-state index in [0.717, 1.165) is 17.5 Å². The standard InChI is InChI=1S/C19H30N2O4S/c1-4-5-12-26(23,24)21-10-8-17(9-11-21)20-19(22)14-25-18-7-6-15(2)13-16(18)3/h6-7,13,17H,4-5,8-12,14H2,1-3H3,(H,20,22). The molecule has 1 aromatic rings. The SMILES string of the molecule is CCCCS(=O)(=O)N1CCC(NC(=O)COc2ccc(C)cc2C)CC1. The van der Waals surface area contributed by atoms with E-state index in [1.165, 1.54) is 0 Å². The van der Waals surface area contributed by atoms with Gasteiger partial charge in [-0.3, -0.25) is 4.79 Å². The summed E-state index contributed by atoms with van der Waals surface area (Å²) in [6, 6.07) is 5.84. The van der Waals surface area contributed by atoms with Crippen molar-refractivity contribution in [1.29, 1.82) is 0 Å². The molecule has 7 heteroatoms. The van der Waals surface area contributed by atoms with Crippen LogP contribution in [0.2, 0.25) is 0 Å². The van der Waals surface area contributed by atoms with E-state index in [4.69, 9.17) is 4.74 Å². The number of benzene rings is 1. The molecule has 0 atom stereocenters. The molecule has 0 aliphatic carbocycles. The van der Waals surface area contributed by atoms with Gasteiger partial charge in [0.2, 0.25) is 10.0 Å². The summed E-state index contributed by atoms with van der Waals surface area (Å²) in [5.74, 6) is 0.754. The van der Waals surface area contributed by atoms with Crippen LogP contribution in [0.3, 0.4) is 0 Å². The van der Waals surface area contributed by atoms with Crippen molar-refractivity contribution >= 4 is 15.9 Å². The van der Waals surface area contributed by atoms with Crippen LogP contribution in [-0.2, 0) is 14.8 Å². The predicted molar refractivity (Wildman–Crippen MR) is 103 cm³/mol. The Morgan fingerprint density at radius 2 is 1.96 bits per heavy atom. The molecule has 1 saturated heterocycles. The largest absolute Gasteiger partial charge is 0.484 e. The third-order valence-corrected chi connectivity index (χ3v) is 6.61. The van der Waals surface area contributed by atoms with E-state index in [0.29, 0.717) is 38.1 Å². The van der Waals surface area contributed by atoms with Gasteiger partial charge in [0, 0.05) is 19.1 Å². The first kappa shape index (κ1) is 20.7. The minimum Gasteiger partial charge on any atom is -0.484 e. The molecule has 1 N–H and O–H groups in total. The molecule has 0 saturated carbocycles. The molecule has 0 radical (unpaired) electrons. The first-order chi connectivity index (χ1) is 12.3. The highest BCUT2D eigenvalue weighted by Gasteiger charge is 2.28. The fraction of sp³-hybridized carbons (Fsp3) is 0.632. The van der Waals surface area contributed by atoms with Crippen molar-refractivity contribution in [3.8, 4) is 5.75 Å². The summed E-state index contributed by atoms with van der Waals surface area (Å²) in [4.78, 5) is 12.1. The monoisotopic (exact) mass is 382 g/mol. The lowest BCUT2D eigenvalue weighted by Crippen LogP contribution is -2.47. The molecule has 0 aromatic heterocycles. The zero-order chi connectivity index (χ0) is 19.2. The van der Waals surface area contributed by atoms with Crippen LogP contribution in [0.1, 0.15) is 43.7 Å². The van der Waals surface area contributed by atoms with Gasteiger partial charge >= 0.3 is 0 Å². The number of unbranched alkanes of at least 4 members (excludes halogenated alkanes) is 1. The molecule has 0 unspecified atom stereocenters. The summed E-state index contributed by atoms with van der Waals surface area (Å²) in [5, 5.41) is 2.95. The van der Waals surface area contributed by atoms with Crippen LogP contribution in [-0.4, -0.2) is 50.1 Å². The van der Waals surface area contributed by atoms with Crippen LogP contribution >= 0.6 is 0 Å². The van der Waals surface area contributed by atoms with Crippen molar-refractivity contribution in [3.05, 3.63) is 29.3 Å². The number of amides is 1. The van der Waals surface area contributed by atoms with Gasteiger partial charge in [0.15, 0.2) is 6.61 Å². The molecule has 0 bridgehead atoms. The molecule has 1 aliphatic heterocycles. The number of ether oxygens (including phenoxy) is 1. The van der Waals surface area contributed by atoms with Crippen LogP contribution < -0.4 is 10.1 Å². The summed E-state index contributed by atoms with van der Waals surface area (Å²) in [7, 11) is -3.16. The molecule has 1 heterocycles. The smallest absolute Gasteiger partial charge is 0.258 e. The zero-order valence-corrected chi connectivity index (χ0v) is 16.8. The Morgan fingerprint density at radius 3 is 2.58 bits per heavy atom. The summed E-state index contributed by atoms with van der Waals surface area (Å²) in [5.41, 5.74) is 2.16. The molecule has 1 fully saturated rings. The minimum absolute atomic E-state index is 0.00263. The highest BCUT2D eigenvalue weighted by molar-refractivity contribution is 7.89. The molecule has 2 rings (SSSR count). The lowest BCUT2D eigenvalue weighted by molar-refractivity contribution is -0.124. The molecule has 146 valence electrons. The topological polar surface area (TPSA) is 75.7 Å².